The number of aromatic amines is 1. The number of imidazole rings is 1. The highest BCUT2D eigenvalue weighted by Gasteiger charge is 2.28. The zero-order valence-electron chi connectivity index (χ0n) is 13.4. The van der Waals surface area contributed by atoms with Crippen LogP contribution in [0.2, 0.25) is 0 Å². The van der Waals surface area contributed by atoms with Crippen molar-refractivity contribution in [2.45, 2.75) is 18.2 Å². The van der Waals surface area contributed by atoms with E-state index in [4.69, 9.17) is 4.74 Å². The number of sulfonamides is 1. The van der Waals surface area contributed by atoms with Crippen LogP contribution in [0.15, 0.2) is 29.4 Å². The van der Waals surface area contributed by atoms with Crippen molar-refractivity contribution in [3.63, 3.8) is 0 Å². The van der Waals surface area contributed by atoms with Gasteiger partial charge in [0.1, 0.15) is 0 Å². The second-order valence-corrected chi connectivity index (χ2v) is 7.46. The molecule has 0 radical (unpaired) electrons. The monoisotopic (exact) mass is 352 g/mol. The fourth-order valence-corrected chi connectivity index (χ4v) is 4.25. The van der Waals surface area contributed by atoms with Crippen molar-refractivity contribution in [2.24, 2.45) is 0 Å². The SMILES string of the molecule is CCOC(=O)N1CCCN(S(=O)(=O)c2ccc3nc[nH]c3c2)CC1. The number of rotatable bonds is 3. The van der Waals surface area contributed by atoms with E-state index in [1.165, 1.54) is 10.6 Å². The van der Waals surface area contributed by atoms with Crippen molar-refractivity contribution >= 4 is 27.1 Å². The Morgan fingerprint density at radius 2 is 2.12 bits per heavy atom. The Morgan fingerprint density at radius 1 is 1.29 bits per heavy atom. The standard InChI is InChI=1S/C15H20N4O4S/c1-2-23-15(20)18-6-3-7-19(9-8-18)24(21,22)12-4-5-13-14(10-12)17-11-16-13/h4-5,10-11H,2-3,6-9H2,1H3,(H,16,17). The second-order valence-electron chi connectivity index (χ2n) is 5.53. The van der Waals surface area contributed by atoms with Crippen LogP contribution in [0.3, 0.4) is 0 Å². The fraction of sp³-hybridized carbons (Fsp3) is 0.467. The number of nitrogens with zero attached hydrogens (tertiary/aromatic N) is 3. The molecule has 0 bridgehead atoms. The number of ether oxygens (including phenoxy) is 1. The summed E-state index contributed by atoms with van der Waals surface area (Å²) in [7, 11) is -3.61. The average Bonchev–Trinajstić information content (AvgIpc) is 2.88. The van der Waals surface area contributed by atoms with Crippen LogP contribution in [0.25, 0.3) is 11.0 Å². The Hall–Kier alpha value is -2.13. The van der Waals surface area contributed by atoms with Gasteiger partial charge < -0.3 is 14.6 Å². The van der Waals surface area contributed by atoms with Crippen LogP contribution < -0.4 is 0 Å². The summed E-state index contributed by atoms with van der Waals surface area (Å²) in [6.45, 7) is 3.50. The Labute approximate surface area is 140 Å². The first-order valence-electron chi connectivity index (χ1n) is 7.87. The van der Waals surface area contributed by atoms with Gasteiger partial charge in [-0.25, -0.2) is 18.2 Å². The van der Waals surface area contributed by atoms with Crippen molar-refractivity contribution in [2.75, 3.05) is 32.8 Å². The molecule has 0 saturated carbocycles. The molecule has 0 unspecified atom stereocenters. The number of nitrogens with one attached hydrogen (secondary N) is 1. The van der Waals surface area contributed by atoms with Gasteiger partial charge in [0.2, 0.25) is 10.0 Å². The molecule has 1 N–H and O–H groups in total. The number of aromatic nitrogens is 2. The molecular weight excluding hydrogens is 332 g/mol. The minimum absolute atomic E-state index is 0.226. The van der Waals surface area contributed by atoms with E-state index in [0.717, 1.165) is 5.52 Å². The molecule has 1 amide bonds. The molecule has 0 aliphatic carbocycles. The van der Waals surface area contributed by atoms with Crippen molar-refractivity contribution in [1.82, 2.24) is 19.2 Å². The molecule has 1 aromatic carbocycles. The maximum Gasteiger partial charge on any atom is 0.409 e. The van der Waals surface area contributed by atoms with Gasteiger partial charge in [-0.05, 0) is 31.5 Å². The molecular formula is C15H20N4O4S. The highest BCUT2D eigenvalue weighted by atomic mass is 32.2. The zero-order chi connectivity index (χ0) is 17.2. The van der Waals surface area contributed by atoms with Crippen molar-refractivity contribution in [1.29, 1.82) is 0 Å². The van der Waals surface area contributed by atoms with Gasteiger partial charge in [-0.15, -0.1) is 0 Å². The zero-order valence-corrected chi connectivity index (χ0v) is 14.3. The lowest BCUT2D eigenvalue weighted by Crippen LogP contribution is -2.37. The predicted molar refractivity (Wildman–Crippen MR) is 88.1 cm³/mol. The van der Waals surface area contributed by atoms with Gasteiger partial charge in [-0.2, -0.15) is 4.31 Å². The topological polar surface area (TPSA) is 95.6 Å². The number of hydrogen-bond donors (Lipinski definition) is 1. The van der Waals surface area contributed by atoms with Gasteiger partial charge in [0.15, 0.2) is 0 Å². The first-order valence-corrected chi connectivity index (χ1v) is 9.31. The summed E-state index contributed by atoms with van der Waals surface area (Å²) in [5, 5.41) is 0. The lowest BCUT2D eigenvalue weighted by atomic mass is 10.3. The first kappa shape index (κ1) is 16.7. The molecule has 2 heterocycles. The molecule has 1 aromatic heterocycles. The van der Waals surface area contributed by atoms with Crippen LogP contribution >= 0.6 is 0 Å². The molecule has 9 heteroatoms. The van der Waals surface area contributed by atoms with E-state index in [2.05, 4.69) is 9.97 Å². The number of hydrogen-bond acceptors (Lipinski definition) is 5. The lowest BCUT2D eigenvalue weighted by molar-refractivity contribution is 0.109. The van der Waals surface area contributed by atoms with E-state index in [1.807, 2.05) is 0 Å². The fourth-order valence-electron chi connectivity index (χ4n) is 2.76. The van der Waals surface area contributed by atoms with E-state index in [0.29, 0.717) is 38.2 Å². The predicted octanol–water partition coefficient (Wildman–Crippen LogP) is 1.42. The van der Waals surface area contributed by atoms with Crippen LogP contribution in [0.1, 0.15) is 13.3 Å². The Kier molecular flexibility index (Phi) is 4.72. The summed E-state index contributed by atoms with van der Waals surface area (Å²) in [4.78, 5) is 20.6. The summed E-state index contributed by atoms with van der Waals surface area (Å²) >= 11 is 0. The summed E-state index contributed by atoms with van der Waals surface area (Å²) in [6.07, 6.45) is 1.71. The minimum atomic E-state index is -3.61. The Morgan fingerprint density at radius 3 is 2.92 bits per heavy atom. The molecule has 1 aliphatic rings. The van der Waals surface area contributed by atoms with Crippen LogP contribution in [0.5, 0.6) is 0 Å². The molecule has 1 saturated heterocycles. The van der Waals surface area contributed by atoms with E-state index in [-0.39, 0.29) is 11.4 Å². The van der Waals surface area contributed by atoms with E-state index < -0.39 is 16.1 Å². The lowest BCUT2D eigenvalue weighted by Gasteiger charge is -2.21. The number of benzene rings is 1. The van der Waals surface area contributed by atoms with Gasteiger partial charge in [0.25, 0.3) is 0 Å². The molecule has 2 aromatic rings. The van der Waals surface area contributed by atoms with Gasteiger partial charge >= 0.3 is 6.09 Å². The number of carbonyl (C=O) groups is 1. The maximum atomic E-state index is 12.9. The minimum Gasteiger partial charge on any atom is -0.450 e. The van der Waals surface area contributed by atoms with Crippen molar-refractivity contribution in [3.8, 4) is 0 Å². The van der Waals surface area contributed by atoms with Crippen molar-refractivity contribution in [3.05, 3.63) is 24.5 Å². The quantitative estimate of drug-likeness (QED) is 0.901. The summed E-state index contributed by atoms with van der Waals surface area (Å²) in [5.74, 6) is 0. The molecule has 3 rings (SSSR count). The normalized spacial score (nSPS) is 17.0. The van der Waals surface area contributed by atoms with Crippen LogP contribution in [0, 0.1) is 0 Å². The molecule has 0 atom stereocenters. The number of amides is 1. The van der Waals surface area contributed by atoms with Crippen LogP contribution in [-0.2, 0) is 14.8 Å². The molecule has 24 heavy (non-hydrogen) atoms. The van der Waals surface area contributed by atoms with E-state index in [9.17, 15) is 13.2 Å². The summed E-state index contributed by atoms with van der Waals surface area (Å²) < 4.78 is 32.1. The molecule has 1 aliphatic heterocycles. The number of carbonyl (C=O) groups excluding carboxylic acids is 1. The average molecular weight is 352 g/mol. The highest BCUT2D eigenvalue weighted by molar-refractivity contribution is 7.89. The second kappa shape index (κ2) is 6.78. The van der Waals surface area contributed by atoms with Crippen LogP contribution in [-0.4, -0.2) is 66.5 Å². The smallest absolute Gasteiger partial charge is 0.409 e. The van der Waals surface area contributed by atoms with Crippen LogP contribution in [0.4, 0.5) is 4.79 Å². The van der Waals surface area contributed by atoms with Gasteiger partial charge in [-0.3, -0.25) is 0 Å². The summed E-state index contributed by atoms with van der Waals surface area (Å²) in [5.41, 5.74) is 1.40. The van der Waals surface area contributed by atoms with Crippen molar-refractivity contribution < 1.29 is 17.9 Å². The molecule has 8 nitrogen and oxygen atoms in total. The third kappa shape index (κ3) is 3.22. The Balaban J connectivity index is 1.78. The van der Waals surface area contributed by atoms with Gasteiger partial charge in [0.05, 0.1) is 28.9 Å². The summed E-state index contributed by atoms with van der Waals surface area (Å²) in [6, 6.07) is 4.83. The third-order valence-corrected chi connectivity index (χ3v) is 5.90. The third-order valence-electron chi connectivity index (χ3n) is 4.01. The van der Waals surface area contributed by atoms with Gasteiger partial charge in [0, 0.05) is 26.2 Å². The molecule has 1 fully saturated rings. The van der Waals surface area contributed by atoms with E-state index in [1.54, 1.807) is 30.0 Å². The highest BCUT2D eigenvalue weighted by Crippen LogP contribution is 2.21. The Bertz CT molecular complexity index is 833. The first-order chi connectivity index (χ1) is 11.5. The van der Waals surface area contributed by atoms with Gasteiger partial charge in [-0.1, -0.05) is 0 Å². The molecule has 0 spiro atoms. The van der Waals surface area contributed by atoms with E-state index >= 15 is 0 Å². The molecule has 130 valence electrons. The maximum absolute atomic E-state index is 12.9. The number of fused-ring (bicyclic) bond motifs is 1. The largest absolute Gasteiger partial charge is 0.450 e. The number of H-pyrrole nitrogens is 1.